The molecule has 0 radical (unpaired) electrons. The number of aromatic hydroxyl groups is 1. The molecular weight excluding hydrogens is 482 g/mol. The Hall–Kier alpha value is -3.32. The minimum atomic E-state index is -0.558. The van der Waals surface area contributed by atoms with Crippen LogP contribution in [0.5, 0.6) is 5.75 Å². The van der Waals surface area contributed by atoms with Crippen LogP contribution in [0.2, 0.25) is 0 Å². The number of nitrogens with two attached hydrogens (primary N) is 1. The summed E-state index contributed by atoms with van der Waals surface area (Å²) in [4.78, 5) is 15.1. The molecule has 1 aromatic carbocycles. The van der Waals surface area contributed by atoms with Crippen molar-refractivity contribution in [2.45, 2.75) is 26.3 Å². The van der Waals surface area contributed by atoms with Crippen molar-refractivity contribution in [2.24, 2.45) is 11.0 Å². The van der Waals surface area contributed by atoms with Gasteiger partial charge in [0, 0.05) is 16.6 Å². The molecular formula is C19H22BrN9O3. The van der Waals surface area contributed by atoms with E-state index in [1.54, 1.807) is 12.1 Å². The lowest BCUT2D eigenvalue weighted by atomic mass is 9.99. The van der Waals surface area contributed by atoms with Crippen molar-refractivity contribution < 1.29 is 14.5 Å². The average molecular weight is 504 g/mol. The lowest BCUT2D eigenvalue weighted by Crippen LogP contribution is -2.34. The normalized spacial score (nSPS) is 15.4. The second kappa shape index (κ2) is 9.44. The van der Waals surface area contributed by atoms with Crippen LogP contribution in [-0.2, 0) is 6.54 Å². The van der Waals surface area contributed by atoms with Gasteiger partial charge in [-0.1, -0.05) is 28.1 Å². The van der Waals surface area contributed by atoms with Crippen LogP contribution in [0.15, 0.2) is 32.4 Å². The Morgan fingerprint density at radius 3 is 2.91 bits per heavy atom. The highest BCUT2D eigenvalue weighted by molar-refractivity contribution is 9.10. The number of carbonyl (C=O) groups excluding carboxylic acids is 1. The molecule has 4 N–H and O–H groups in total. The number of benzene rings is 1. The number of anilines is 1. The largest absolute Gasteiger partial charge is 0.507 e. The number of halogens is 1. The number of aromatic nitrogens is 5. The minimum Gasteiger partial charge on any atom is -0.507 e. The highest BCUT2D eigenvalue weighted by Crippen LogP contribution is 2.22. The maximum atomic E-state index is 12.8. The van der Waals surface area contributed by atoms with Gasteiger partial charge < -0.3 is 10.8 Å². The predicted molar refractivity (Wildman–Crippen MR) is 118 cm³/mol. The van der Waals surface area contributed by atoms with E-state index in [0.29, 0.717) is 23.7 Å². The first-order chi connectivity index (χ1) is 15.4. The first kappa shape index (κ1) is 21.9. The number of nitrogens with one attached hydrogen (secondary N) is 1. The van der Waals surface area contributed by atoms with Gasteiger partial charge in [0.15, 0.2) is 5.69 Å². The van der Waals surface area contributed by atoms with Gasteiger partial charge in [-0.05, 0) is 60.4 Å². The Morgan fingerprint density at radius 2 is 2.19 bits per heavy atom. The Bertz CT molecular complexity index is 1140. The fraction of sp³-hybridized carbons (Fsp3) is 0.368. The molecule has 32 heavy (non-hydrogen) atoms. The minimum absolute atomic E-state index is 0.0335. The molecule has 12 nitrogen and oxygen atoms in total. The lowest BCUT2D eigenvalue weighted by molar-refractivity contribution is 0.0946. The number of nitrogen functional groups attached to an aromatic ring is 1. The average Bonchev–Trinajstić information content (AvgIpc) is 3.37. The smallest absolute Gasteiger partial charge is 0.293 e. The zero-order chi connectivity index (χ0) is 22.7. The summed E-state index contributed by atoms with van der Waals surface area (Å²) in [5.41, 5.74) is 9.28. The number of amides is 1. The molecule has 0 unspecified atom stereocenters. The zero-order valence-corrected chi connectivity index (χ0v) is 18.9. The third-order valence-corrected chi connectivity index (χ3v) is 5.78. The monoisotopic (exact) mass is 503 g/mol. The van der Waals surface area contributed by atoms with Crippen LogP contribution in [-0.4, -0.2) is 60.5 Å². The molecule has 3 aromatic rings. The Morgan fingerprint density at radius 1 is 1.41 bits per heavy atom. The molecule has 4 rings (SSSR count). The summed E-state index contributed by atoms with van der Waals surface area (Å²) in [6, 6.07) is 4.89. The van der Waals surface area contributed by atoms with Gasteiger partial charge in [0.25, 0.3) is 5.91 Å². The van der Waals surface area contributed by atoms with Gasteiger partial charge in [0.1, 0.15) is 5.75 Å². The van der Waals surface area contributed by atoms with Crippen molar-refractivity contribution in [2.75, 3.05) is 18.8 Å². The number of likely N-dealkylation sites (tertiary alicyclic amines) is 1. The molecule has 1 saturated heterocycles. The van der Waals surface area contributed by atoms with Crippen LogP contribution in [0.1, 0.15) is 41.5 Å². The predicted octanol–water partition coefficient (Wildman–Crippen LogP) is 1.70. The molecule has 13 heteroatoms. The van der Waals surface area contributed by atoms with Gasteiger partial charge in [-0.3, -0.25) is 9.69 Å². The fourth-order valence-corrected chi connectivity index (χ4v) is 3.78. The molecule has 1 amide bonds. The number of hydrazone groups is 1. The van der Waals surface area contributed by atoms with E-state index in [1.807, 2.05) is 0 Å². The lowest BCUT2D eigenvalue weighted by Gasteiger charge is -2.30. The van der Waals surface area contributed by atoms with Crippen molar-refractivity contribution in [1.29, 1.82) is 0 Å². The van der Waals surface area contributed by atoms with E-state index in [9.17, 15) is 9.90 Å². The van der Waals surface area contributed by atoms with Crippen LogP contribution in [0, 0.1) is 5.92 Å². The van der Waals surface area contributed by atoms with Gasteiger partial charge in [-0.2, -0.15) is 9.78 Å². The topological polar surface area (TPSA) is 161 Å². The highest BCUT2D eigenvalue weighted by atomic mass is 79.9. The number of hydrogen-bond donors (Lipinski definition) is 3. The molecule has 0 atom stereocenters. The summed E-state index contributed by atoms with van der Waals surface area (Å²) in [5, 5.41) is 29.3. The number of phenolic OH excluding ortho intramolecular Hbond substituents is 1. The third-order valence-electron chi connectivity index (χ3n) is 5.28. The van der Waals surface area contributed by atoms with Crippen molar-refractivity contribution in [3.8, 4) is 11.6 Å². The van der Waals surface area contributed by atoms with E-state index in [0.717, 1.165) is 30.4 Å². The first-order valence-electron chi connectivity index (χ1n) is 9.99. The molecule has 2 aromatic heterocycles. The molecule has 0 saturated carbocycles. The third kappa shape index (κ3) is 4.78. The van der Waals surface area contributed by atoms with E-state index >= 15 is 0 Å². The molecule has 0 bridgehead atoms. The molecule has 3 heterocycles. The summed E-state index contributed by atoms with van der Waals surface area (Å²) in [6.45, 7) is 4.43. The maximum absolute atomic E-state index is 12.8. The van der Waals surface area contributed by atoms with E-state index < -0.39 is 5.91 Å². The molecule has 0 spiro atoms. The van der Waals surface area contributed by atoms with Crippen LogP contribution in [0.3, 0.4) is 0 Å². The number of rotatable bonds is 6. The van der Waals surface area contributed by atoms with Crippen molar-refractivity contribution in [3.05, 3.63) is 39.6 Å². The quantitative estimate of drug-likeness (QED) is 0.335. The van der Waals surface area contributed by atoms with Crippen LogP contribution in [0.25, 0.3) is 5.82 Å². The van der Waals surface area contributed by atoms with Crippen LogP contribution < -0.4 is 11.2 Å². The molecule has 1 aliphatic rings. The SMILES string of the molecule is CC1CCN(Cc2c(C(=O)N/N=C\c3cc(Br)ccc3O)nnn2-c2nonc2N)CC1. The Labute approximate surface area is 191 Å². The van der Waals surface area contributed by atoms with Crippen LogP contribution in [0.4, 0.5) is 5.82 Å². The standard InChI is InChI=1S/C19H22BrN9O3/c1-11-4-6-28(7-5-11)10-14-16(23-27-29(14)18-17(21)25-32-26-18)19(31)24-22-9-12-8-13(20)2-3-15(12)30/h2-3,8-9,11,30H,4-7,10H2,1H3,(H2,21,25)(H,24,31)/b22-9-. The highest BCUT2D eigenvalue weighted by Gasteiger charge is 2.26. The number of phenols is 1. The summed E-state index contributed by atoms with van der Waals surface area (Å²) >= 11 is 3.33. The number of hydrogen-bond acceptors (Lipinski definition) is 10. The van der Waals surface area contributed by atoms with E-state index in [4.69, 9.17) is 5.73 Å². The Balaban J connectivity index is 1.57. The zero-order valence-electron chi connectivity index (χ0n) is 17.3. The maximum Gasteiger partial charge on any atom is 0.293 e. The molecule has 168 valence electrons. The summed E-state index contributed by atoms with van der Waals surface area (Å²) in [6.07, 6.45) is 3.47. The summed E-state index contributed by atoms with van der Waals surface area (Å²) in [7, 11) is 0. The van der Waals surface area contributed by atoms with Gasteiger partial charge in [0.05, 0.1) is 11.9 Å². The molecule has 1 aliphatic heterocycles. The van der Waals surface area contributed by atoms with Crippen molar-refractivity contribution in [1.82, 2.24) is 35.6 Å². The van der Waals surface area contributed by atoms with Crippen molar-refractivity contribution in [3.63, 3.8) is 0 Å². The van der Waals surface area contributed by atoms with Gasteiger partial charge in [-0.25, -0.2) is 10.1 Å². The van der Waals surface area contributed by atoms with E-state index in [2.05, 4.69) is 63.5 Å². The molecule has 0 aliphatic carbocycles. The number of carbonyl (C=O) groups is 1. The van der Waals surface area contributed by atoms with Gasteiger partial charge >= 0.3 is 0 Å². The van der Waals surface area contributed by atoms with E-state index in [-0.39, 0.29) is 23.1 Å². The summed E-state index contributed by atoms with van der Waals surface area (Å²) < 4.78 is 6.81. The van der Waals surface area contributed by atoms with E-state index in [1.165, 1.54) is 17.0 Å². The first-order valence-corrected chi connectivity index (χ1v) is 10.8. The van der Waals surface area contributed by atoms with Crippen molar-refractivity contribution >= 4 is 33.9 Å². The fourth-order valence-electron chi connectivity index (χ4n) is 3.40. The Kier molecular flexibility index (Phi) is 6.46. The van der Waals surface area contributed by atoms with Gasteiger partial charge in [-0.15, -0.1) is 5.10 Å². The summed E-state index contributed by atoms with van der Waals surface area (Å²) in [5.74, 6) is 0.345. The second-order valence-electron chi connectivity index (χ2n) is 7.63. The number of piperidine rings is 1. The molecule has 1 fully saturated rings. The number of nitrogens with zero attached hydrogens (tertiary/aromatic N) is 7. The second-order valence-corrected chi connectivity index (χ2v) is 8.55. The van der Waals surface area contributed by atoms with Gasteiger partial charge in [0.2, 0.25) is 11.6 Å². The van der Waals surface area contributed by atoms with Crippen LogP contribution >= 0.6 is 15.9 Å².